The fourth-order valence-corrected chi connectivity index (χ4v) is 5.76. The second-order valence-electron chi connectivity index (χ2n) is 8.08. The van der Waals surface area contributed by atoms with E-state index in [1.165, 1.54) is 12.5 Å². The lowest BCUT2D eigenvalue weighted by Gasteiger charge is -2.47. The number of hydrogen-bond acceptors (Lipinski definition) is 3. The summed E-state index contributed by atoms with van der Waals surface area (Å²) >= 11 is 0. The third-order valence-electron chi connectivity index (χ3n) is 6.88. The average Bonchev–Trinajstić information content (AvgIpc) is 2.83. The first-order valence-corrected chi connectivity index (χ1v) is 9.08. The Balaban J connectivity index is 1.61. The summed E-state index contributed by atoms with van der Waals surface area (Å²) in [5.41, 5.74) is 4.70. The van der Waals surface area contributed by atoms with Crippen LogP contribution in [0.5, 0.6) is 0 Å². The summed E-state index contributed by atoms with van der Waals surface area (Å²) in [5.74, 6) is 1.39. The standard InChI is InChI=1S/C20H26O3/c1-12(21)23-19-8-7-18-17-5-3-13-11-14(22)4-6-15(13)16(17)9-10-20(18,19)2/h5,16,18-19H,3-4,6-11H2,1-2H3/t16-,18+,19+,20+/m1/s1. The molecule has 0 heterocycles. The van der Waals surface area contributed by atoms with Crippen molar-refractivity contribution in [1.82, 2.24) is 0 Å². The van der Waals surface area contributed by atoms with Crippen LogP contribution in [0.2, 0.25) is 0 Å². The van der Waals surface area contributed by atoms with Gasteiger partial charge in [0.1, 0.15) is 11.9 Å². The lowest BCUT2D eigenvalue weighted by atomic mass is 9.58. The minimum absolute atomic E-state index is 0.0789. The lowest BCUT2D eigenvalue weighted by Crippen LogP contribution is -2.42. The van der Waals surface area contributed by atoms with Crippen molar-refractivity contribution in [3.63, 3.8) is 0 Å². The minimum atomic E-state index is -0.146. The molecule has 0 saturated heterocycles. The van der Waals surface area contributed by atoms with E-state index in [0.717, 1.165) is 44.9 Å². The number of carbonyl (C=O) groups excluding carboxylic acids is 2. The molecule has 0 spiro atoms. The third-order valence-corrected chi connectivity index (χ3v) is 6.88. The summed E-state index contributed by atoms with van der Waals surface area (Å²) in [6, 6.07) is 0. The average molecular weight is 314 g/mol. The van der Waals surface area contributed by atoms with Gasteiger partial charge in [0, 0.05) is 31.1 Å². The van der Waals surface area contributed by atoms with Crippen LogP contribution in [0, 0.1) is 17.3 Å². The fraction of sp³-hybridized carbons (Fsp3) is 0.700. The highest BCUT2D eigenvalue weighted by Gasteiger charge is 2.54. The molecule has 2 saturated carbocycles. The Kier molecular flexibility index (Phi) is 3.51. The van der Waals surface area contributed by atoms with Gasteiger partial charge in [-0.05, 0) is 44.4 Å². The van der Waals surface area contributed by atoms with E-state index in [-0.39, 0.29) is 17.5 Å². The van der Waals surface area contributed by atoms with Gasteiger partial charge in [-0.1, -0.05) is 29.7 Å². The summed E-state index contributed by atoms with van der Waals surface area (Å²) < 4.78 is 5.66. The highest BCUT2D eigenvalue weighted by Crippen LogP contribution is 2.60. The van der Waals surface area contributed by atoms with E-state index in [1.807, 2.05) is 0 Å². The van der Waals surface area contributed by atoms with Gasteiger partial charge in [0.05, 0.1) is 0 Å². The second kappa shape index (κ2) is 5.32. The van der Waals surface area contributed by atoms with Crippen LogP contribution in [-0.4, -0.2) is 17.9 Å². The molecule has 3 nitrogen and oxygen atoms in total. The molecule has 0 aromatic carbocycles. The number of rotatable bonds is 1. The molecule has 0 unspecified atom stereocenters. The number of ether oxygens (including phenoxy) is 1. The van der Waals surface area contributed by atoms with Crippen molar-refractivity contribution in [1.29, 1.82) is 0 Å². The van der Waals surface area contributed by atoms with Crippen molar-refractivity contribution in [3.8, 4) is 0 Å². The molecule has 124 valence electrons. The highest BCUT2D eigenvalue weighted by atomic mass is 16.5. The number of allylic oxidation sites excluding steroid dienone is 4. The monoisotopic (exact) mass is 314 g/mol. The largest absolute Gasteiger partial charge is 0.462 e. The predicted molar refractivity (Wildman–Crippen MR) is 87.7 cm³/mol. The van der Waals surface area contributed by atoms with Gasteiger partial charge < -0.3 is 4.74 Å². The smallest absolute Gasteiger partial charge is 0.302 e. The van der Waals surface area contributed by atoms with E-state index in [4.69, 9.17) is 4.74 Å². The maximum absolute atomic E-state index is 11.8. The van der Waals surface area contributed by atoms with Gasteiger partial charge in [-0.3, -0.25) is 9.59 Å². The highest BCUT2D eigenvalue weighted by molar-refractivity contribution is 5.83. The van der Waals surface area contributed by atoms with Gasteiger partial charge in [0.15, 0.2) is 0 Å². The Bertz CT molecular complexity index is 627. The van der Waals surface area contributed by atoms with Gasteiger partial charge in [-0.2, -0.15) is 0 Å². The van der Waals surface area contributed by atoms with Crippen molar-refractivity contribution in [2.75, 3.05) is 0 Å². The molecule has 0 aromatic rings. The third kappa shape index (κ3) is 2.31. The molecule has 4 atom stereocenters. The molecule has 4 rings (SSSR count). The van der Waals surface area contributed by atoms with E-state index in [2.05, 4.69) is 13.0 Å². The van der Waals surface area contributed by atoms with Gasteiger partial charge in [-0.25, -0.2) is 0 Å². The van der Waals surface area contributed by atoms with Gasteiger partial charge in [-0.15, -0.1) is 0 Å². The molecule has 2 fully saturated rings. The number of Topliss-reactive ketones (excluding diaryl/α,β-unsaturated/α-hetero) is 1. The Morgan fingerprint density at radius 1 is 1.26 bits per heavy atom. The first kappa shape index (κ1) is 15.2. The maximum Gasteiger partial charge on any atom is 0.302 e. The summed E-state index contributed by atoms with van der Waals surface area (Å²) in [6.45, 7) is 3.85. The van der Waals surface area contributed by atoms with E-state index >= 15 is 0 Å². The topological polar surface area (TPSA) is 43.4 Å². The molecule has 0 aliphatic heterocycles. The molecule has 23 heavy (non-hydrogen) atoms. The van der Waals surface area contributed by atoms with Gasteiger partial charge in [0.25, 0.3) is 0 Å². The van der Waals surface area contributed by atoms with Crippen LogP contribution in [0.3, 0.4) is 0 Å². The molecule has 0 N–H and O–H groups in total. The van der Waals surface area contributed by atoms with E-state index in [1.54, 1.807) is 11.1 Å². The van der Waals surface area contributed by atoms with Crippen LogP contribution in [-0.2, 0) is 14.3 Å². The number of fused-ring (bicyclic) bond motifs is 4. The van der Waals surface area contributed by atoms with Crippen LogP contribution in [0.1, 0.15) is 65.2 Å². The van der Waals surface area contributed by atoms with Crippen LogP contribution in [0.15, 0.2) is 22.8 Å². The predicted octanol–water partition coefficient (Wildman–Crippen LogP) is 4.12. The first-order chi connectivity index (χ1) is 11.0. The van der Waals surface area contributed by atoms with E-state index in [0.29, 0.717) is 24.0 Å². The Morgan fingerprint density at radius 2 is 2.09 bits per heavy atom. The Hall–Kier alpha value is -1.38. The number of ketones is 1. The molecule has 4 aliphatic rings. The van der Waals surface area contributed by atoms with Crippen LogP contribution < -0.4 is 0 Å². The zero-order chi connectivity index (χ0) is 16.2. The van der Waals surface area contributed by atoms with Crippen molar-refractivity contribution in [2.45, 2.75) is 71.3 Å². The van der Waals surface area contributed by atoms with Crippen molar-refractivity contribution >= 4 is 11.8 Å². The number of hydrogen-bond donors (Lipinski definition) is 0. The fourth-order valence-electron chi connectivity index (χ4n) is 5.76. The number of esters is 1. The molecule has 0 radical (unpaired) electrons. The normalized spacial score (nSPS) is 39.3. The van der Waals surface area contributed by atoms with Crippen LogP contribution >= 0.6 is 0 Å². The summed E-state index contributed by atoms with van der Waals surface area (Å²) in [4.78, 5) is 23.2. The Morgan fingerprint density at radius 3 is 2.87 bits per heavy atom. The van der Waals surface area contributed by atoms with Crippen molar-refractivity contribution in [2.24, 2.45) is 17.3 Å². The van der Waals surface area contributed by atoms with Gasteiger partial charge >= 0.3 is 5.97 Å². The van der Waals surface area contributed by atoms with Crippen LogP contribution in [0.25, 0.3) is 0 Å². The SMILES string of the molecule is CC(=O)O[C@H]1CC[C@H]2C3=CCC4=C(CCC(=O)C4)[C@H]3CC[C@]12C. The quantitative estimate of drug-likeness (QED) is 0.540. The zero-order valence-electron chi connectivity index (χ0n) is 14.2. The molecule has 4 aliphatic carbocycles. The summed E-state index contributed by atoms with van der Waals surface area (Å²) in [6.07, 6.45) is 10.3. The van der Waals surface area contributed by atoms with E-state index in [9.17, 15) is 9.59 Å². The lowest BCUT2D eigenvalue weighted by molar-refractivity contribution is -0.152. The molecular formula is C20H26O3. The molecule has 0 bridgehead atoms. The maximum atomic E-state index is 11.8. The van der Waals surface area contributed by atoms with E-state index < -0.39 is 0 Å². The summed E-state index contributed by atoms with van der Waals surface area (Å²) in [7, 11) is 0. The minimum Gasteiger partial charge on any atom is -0.462 e. The van der Waals surface area contributed by atoms with Gasteiger partial charge in [0.2, 0.25) is 0 Å². The van der Waals surface area contributed by atoms with Crippen molar-refractivity contribution < 1.29 is 14.3 Å². The molecule has 3 heteroatoms. The van der Waals surface area contributed by atoms with Crippen LogP contribution in [0.4, 0.5) is 0 Å². The summed E-state index contributed by atoms with van der Waals surface area (Å²) in [5, 5.41) is 0. The molecule has 0 aromatic heterocycles. The van der Waals surface area contributed by atoms with Crippen molar-refractivity contribution in [3.05, 3.63) is 22.8 Å². The number of carbonyl (C=O) groups is 2. The zero-order valence-corrected chi connectivity index (χ0v) is 14.2. The second-order valence-corrected chi connectivity index (χ2v) is 8.08. The Labute approximate surface area is 138 Å². The first-order valence-electron chi connectivity index (χ1n) is 9.08. The molecule has 0 amide bonds. The molecular weight excluding hydrogens is 288 g/mol.